The van der Waals surface area contributed by atoms with Crippen molar-refractivity contribution in [3.63, 3.8) is 0 Å². The molecule has 0 bridgehead atoms. The minimum absolute atomic E-state index is 0.294. The lowest BCUT2D eigenvalue weighted by Gasteiger charge is -2.23. The van der Waals surface area contributed by atoms with Crippen molar-refractivity contribution in [1.82, 2.24) is 4.31 Å². The minimum atomic E-state index is -3.70. The summed E-state index contributed by atoms with van der Waals surface area (Å²) in [6, 6.07) is 27.0. The predicted molar refractivity (Wildman–Crippen MR) is 134 cm³/mol. The lowest BCUT2D eigenvalue weighted by molar-refractivity contribution is 0.495. The third kappa shape index (κ3) is 6.57. The van der Waals surface area contributed by atoms with Crippen LogP contribution in [0.3, 0.4) is 0 Å². The largest absolute Gasteiger partial charge is 0.269 e. The van der Waals surface area contributed by atoms with E-state index in [1.165, 1.54) is 17.1 Å². The van der Waals surface area contributed by atoms with E-state index in [9.17, 15) is 8.42 Å². The lowest BCUT2D eigenvalue weighted by Crippen LogP contribution is -2.26. The van der Waals surface area contributed by atoms with Gasteiger partial charge in [-0.3, -0.25) is 4.31 Å². The van der Waals surface area contributed by atoms with Crippen LogP contribution in [0.1, 0.15) is 55.7 Å². The van der Waals surface area contributed by atoms with Crippen LogP contribution in [0.2, 0.25) is 0 Å². The van der Waals surface area contributed by atoms with E-state index < -0.39 is 10.0 Å². The van der Waals surface area contributed by atoms with Crippen molar-refractivity contribution >= 4 is 15.6 Å². The number of hydrogen-bond acceptors (Lipinski definition) is 2. The zero-order valence-corrected chi connectivity index (χ0v) is 19.9. The normalized spacial score (nSPS) is 12.0. The molecule has 0 heterocycles. The van der Waals surface area contributed by atoms with Gasteiger partial charge in [0.2, 0.25) is 0 Å². The zero-order chi connectivity index (χ0) is 22.8. The Morgan fingerprint density at radius 1 is 0.812 bits per heavy atom. The topological polar surface area (TPSA) is 37.4 Å². The molecule has 3 aromatic carbocycles. The van der Waals surface area contributed by atoms with E-state index in [4.69, 9.17) is 0 Å². The van der Waals surface area contributed by atoms with Crippen LogP contribution in [0.25, 0.3) is 5.57 Å². The fourth-order valence-corrected chi connectivity index (χ4v) is 5.00. The van der Waals surface area contributed by atoms with E-state index in [0.29, 0.717) is 11.4 Å². The van der Waals surface area contributed by atoms with E-state index >= 15 is 0 Å². The Balaban J connectivity index is 2.02. The van der Waals surface area contributed by atoms with Crippen molar-refractivity contribution in [1.29, 1.82) is 0 Å². The second-order valence-electron chi connectivity index (χ2n) is 8.18. The summed E-state index contributed by atoms with van der Waals surface area (Å²) in [5.41, 5.74) is 4.11. The molecule has 4 heteroatoms. The maximum Gasteiger partial charge on any atom is 0.264 e. The molecule has 3 nitrogen and oxygen atoms in total. The number of aryl methyl sites for hydroxylation is 1. The van der Waals surface area contributed by atoms with E-state index in [2.05, 4.69) is 19.1 Å². The summed E-state index contributed by atoms with van der Waals surface area (Å²) >= 11 is 0. The monoisotopic (exact) mass is 447 g/mol. The average molecular weight is 448 g/mol. The third-order valence-electron chi connectivity index (χ3n) is 5.55. The molecule has 0 N–H and O–H groups in total. The van der Waals surface area contributed by atoms with Crippen LogP contribution in [-0.2, 0) is 16.6 Å². The highest BCUT2D eigenvalue weighted by molar-refractivity contribution is 7.89. The number of nitrogens with zero attached hydrogens (tertiary/aromatic N) is 1. The van der Waals surface area contributed by atoms with Crippen molar-refractivity contribution in [2.24, 2.45) is 0 Å². The molecule has 0 spiro atoms. The maximum atomic E-state index is 13.7. The first kappa shape index (κ1) is 23.8. The first-order valence-electron chi connectivity index (χ1n) is 11.4. The van der Waals surface area contributed by atoms with E-state index in [1.54, 1.807) is 12.1 Å². The highest BCUT2D eigenvalue weighted by Crippen LogP contribution is 2.26. The van der Waals surface area contributed by atoms with Gasteiger partial charge in [0.25, 0.3) is 10.0 Å². The Morgan fingerprint density at radius 2 is 1.44 bits per heavy atom. The summed E-state index contributed by atoms with van der Waals surface area (Å²) in [5.74, 6) is 0. The Kier molecular flexibility index (Phi) is 8.69. The SMILES string of the molecule is CCCCCC/C(=C\N(Cc1ccccc1)S(=O)(=O)c1ccc(C)cc1)c1ccccc1. The van der Waals surface area contributed by atoms with Crippen LogP contribution < -0.4 is 0 Å². The number of sulfonamides is 1. The molecule has 3 rings (SSSR count). The molecule has 0 aliphatic heterocycles. The molecule has 0 radical (unpaired) electrons. The van der Waals surface area contributed by atoms with Crippen molar-refractivity contribution in [2.45, 2.75) is 57.4 Å². The van der Waals surface area contributed by atoms with Gasteiger partial charge in [0, 0.05) is 6.20 Å². The molecular weight excluding hydrogens is 414 g/mol. The number of rotatable bonds is 11. The summed E-state index contributed by atoms with van der Waals surface area (Å²) in [4.78, 5) is 0.314. The predicted octanol–water partition coefficient (Wildman–Crippen LogP) is 7.20. The van der Waals surface area contributed by atoms with Gasteiger partial charge in [-0.1, -0.05) is 105 Å². The summed E-state index contributed by atoms with van der Waals surface area (Å²) in [5, 5.41) is 0. The summed E-state index contributed by atoms with van der Waals surface area (Å²) in [6.45, 7) is 4.45. The molecule has 0 unspecified atom stereocenters. The van der Waals surface area contributed by atoms with E-state index in [1.807, 2.05) is 73.8 Å². The number of hydrogen-bond donors (Lipinski definition) is 0. The van der Waals surface area contributed by atoms with E-state index in [0.717, 1.165) is 41.5 Å². The van der Waals surface area contributed by atoms with Crippen molar-refractivity contribution in [3.8, 4) is 0 Å². The molecule has 3 aromatic rings. The Hall–Kier alpha value is -2.85. The molecule has 0 fully saturated rings. The average Bonchev–Trinajstić information content (AvgIpc) is 2.82. The van der Waals surface area contributed by atoms with Crippen LogP contribution in [0, 0.1) is 6.92 Å². The van der Waals surface area contributed by atoms with Gasteiger partial charge in [-0.25, -0.2) is 8.42 Å². The lowest BCUT2D eigenvalue weighted by atomic mass is 10.00. The third-order valence-corrected chi connectivity index (χ3v) is 7.27. The van der Waals surface area contributed by atoms with Crippen LogP contribution in [0.5, 0.6) is 0 Å². The second-order valence-corrected chi connectivity index (χ2v) is 10.1. The molecule has 0 aliphatic rings. The highest BCUT2D eigenvalue weighted by Gasteiger charge is 2.23. The number of benzene rings is 3. The number of allylic oxidation sites excluding steroid dienone is 1. The van der Waals surface area contributed by atoms with Crippen LogP contribution in [0.15, 0.2) is 96.0 Å². The van der Waals surface area contributed by atoms with Crippen molar-refractivity contribution in [2.75, 3.05) is 0 Å². The quantitative estimate of drug-likeness (QED) is 0.292. The van der Waals surface area contributed by atoms with Gasteiger partial charge in [0.1, 0.15) is 0 Å². The molecule has 0 atom stereocenters. The Labute approximate surface area is 193 Å². The van der Waals surface area contributed by atoms with E-state index in [-0.39, 0.29) is 0 Å². The van der Waals surface area contributed by atoms with Gasteiger partial charge in [-0.05, 0) is 48.6 Å². The molecule has 0 aliphatic carbocycles. The van der Waals surface area contributed by atoms with Crippen molar-refractivity contribution < 1.29 is 8.42 Å². The zero-order valence-electron chi connectivity index (χ0n) is 19.1. The summed E-state index contributed by atoms with van der Waals surface area (Å²) in [7, 11) is -3.70. The molecule has 0 aromatic heterocycles. The minimum Gasteiger partial charge on any atom is -0.269 e. The second kappa shape index (κ2) is 11.7. The maximum absolute atomic E-state index is 13.7. The van der Waals surface area contributed by atoms with Crippen molar-refractivity contribution in [3.05, 3.63) is 108 Å². The van der Waals surface area contributed by atoms with Crippen LogP contribution in [0.4, 0.5) is 0 Å². The fraction of sp³-hybridized carbons (Fsp3) is 0.286. The van der Waals surface area contributed by atoms with Crippen LogP contribution >= 0.6 is 0 Å². The first-order chi connectivity index (χ1) is 15.5. The molecule has 0 saturated carbocycles. The highest BCUT2D eigenvalue weighted by atomic mass is 32.2. The molecule has 0 saturated heterocycles. The Bertz CT molecular complexity index is 1090. The molecule has 32 heavy (non-hydrogen) atoms. The summed E-state index contributed by atoms with van der Waals surface area (Å²) < 4.78 is 28.9. The molecule has 0 amide bonds. The van der Waals surface area contributed by atoms with Gasteiger partial charge in [-0.15, -0.1) is 0 Å². The van der Waals surface area contributed by atoms with Gasteiger partial charge in [0.15, 0.2) is 0 Å². The first-order valence-corrected chi connectivity index (χ1v) is 12.8. The Morgan fingerprint density at radius 3 is 2.06 bits per heavy atom. The van der Waals surface area contributed by atoms with Gasteiger partial charge < -0.3 is 0 Å². The van der Waals surface area contributed by atoms with Crippen LogP contribution in [-0.4, -0.2) is 12.7 Å². The molecular formula is C28H33NO2S. The number of unbranched alkanes of at least 4 members (excludes halogenated alkanes) is 3. The van der Waals surface area contributed by atoms with Gasteiger partial charge >= 0.3 is 0 Å². The van der Waals surface area contributed by atoms with Gasteiger partial charge in [0.05, 0.1) is 11.4 Å². The smallest absolute Gasteiger partial charge is 0.264 e. The summed E-state index contributed by atoms with van der Waals surface area (Å²) in [6.07, 6.45) is 7.24. The van der Waals surface area contributed by atoms with Gasteiger partial charge in [-0.2, -0.15) is 0 Å². The standard InChI is InChI=1S/C28H33NO2S/c1-3-4-5-10-17-27(26-15-11-7-12-16-26)23-29(22-25-13-8-6-9-14-25)32(30,31)28-20-18-24(2)19-21-28/h6-9,11-16,18-21,23H,3-5,10,17,22H2,1-2H3/b27-23+. The fourth-order valence-electron chi connectivity index (χ4n) is 3.66. The molecule has 168 valence electrons.